The van der Waals surface area contributed by atoms with Gasteiger partial charge in [0.25, 0.3) is 0 Å². The van der Waals surface area contributed by atoms with Crippen LogP contribution in [0.5, 0.6) is 0 Å². The molecule has 0 aliphatic carbocycles. The van der Waals surface area contributed by atoms with E-state index in [0.29, 0.717) is 18.6 Å². The number of guanidine groups is 1. The number of hydrogen-bond acceptors (Lipinski definition) is 8. The summed E-state index contributed by atoms with van der Waals surface area (Å²) in [6, 6.07) is -4.90. The standard InChI is InChI=1S/C21H39N7O7S/c1-4-11(2)16(20(34)35)28-18(32)13(6-5-8-25-21(23)24)26-19(33)14(10-15(29)30)27-17(31)12(22)7-9-36-3/h11-14,16H,4-10,22H2,1-3H3,(H,26,33)(H,27,31)(H,28,32)(H,29,30)(H,34,35)(H4,23,24,25)/t11-,12-,13-,14-,16-/m0/s1. The first-order chi connectivity index (χ1) is 16.8. The Balaban J connectivity index is 5.66. The van der Waals surface area contributed by atoms with Gasteiger partial charge in [0, 0.05) is 6.54 Å². The second kappa shape index (κ2) is 17.4. The van der Waals surface area contributed by atoms with Crippen LogP contribution >= 0.6 is 11.8 Å². The quantitative estimate of drug-likeness (QED) is 0.0553. The zero-order valence-electron chi connectivity index (χ0n) is 20.9. The van der Waals surface area contributed by atoms with Crippen LogP contribution in [0.2, 0.25) is 0 Å². The van der Waals surface area contributed by atoms with Crippen LogP contribution in [0.1, 0.15) is 46.0 Å². The van der Waals surface area contributed by atoms with Crippen molar-refractivity contribution in [1.29, 1.82) is 0 Å². The van der Waals surface area contributed by atoms with Crippen LogP contribution in [0, 0.1) is 5.92 Å². The summed E-state index contributed by atoms with van der Waals surface area (Å²) in [6.07, 6.45) is 2.13. The van der Waals surface area contributed by atoms with E-state index in [1.807, 2.05) is 6.26 Å². The van der Waals surface area contributed by atoms with Crippen LogP contribution in [-0.2, 0) is 24.0 Å². The molecule has 0 saturated heterocycles. The lowest BCUT2D eigenvalue weighted by Crippen LogP contribution is -2.58. The van der Waals surface area contributed by atoms with Crippen LogP contribution in [0.3, 0.4) is 0 Å². The van der Waals surface area contributed by atoms with Gasteiger partial charge in [-0.15, -0.1) is 0 Å². The van der Waals surface area contributed by atoms with Crippen molar-refractivity contribution in [2.75, 3.05) is 18.6 Å². The molecule has 0 aromatic rings. The smallest absolute Gasteiger partial charge is 0.326 e. The molecule has 0 radical (unpaired) electrons. The third-order valence-corrected chi connectivity index (χ3v) is 5.98. The van der Waals surface area contributed by atoms with E-state index in [4.69, 9.17) is 17.2 Å². The van der Waals surface area contributed by atoms with Gasteiger partial charge in [-0.2, -0.15) is 11.8 Å². The van der Waals surface area contributed by atoms with Crippen molar-refractivity contribution in [3.8, 4) is 0 Å². The molecule has 0 spiro atoms. The maximum absolute atomic E-state index is 12.9. The molecule has 5 atom stereocenters. The molecule has 11 N–H and O–H groups in total. The Bertz CT molecular complexity index is 793. The highest BCUT2D eigenvalue weighted by molar-refractivity contribution is 7.98. The van der Waals surface area contributed by atoms with Crippen molar-refractivity contribution < 1.29 is 34.2 Å². The Hall–Kier alpha value is -3.07. The van der Waals surface area contributed by atoms with Gasteiger partial charge in [0.15, 0.2) is 5.96 Å². The highest BCUT2D eigenvalue weighted by Gasteiger charge is 2.32. The molecular formula is C21H39N7O7S. The van der Waals surface area contributed by atoms with Crippen LogP contribution in [0.15, 0.2) is 4.99 Å². The predicted octanol–water partition coefficient (Wildman–Crippen LogP) is -1.82. The first-order valence-electron chi connectivity index (χ1n) is 11.5. The topological polar surface area (TPSA) is 252 Å². The number of thioether (sulfide) groups is 1. The second-order valence-corrected chi connectivity index (χ2v) is 9.25. The number of carboxylic acids is 2. The van der Waals surface area contributed by atoms with E-state index in [-0.39, 0.29) is 25.3 Å². The molecule has 0 aromatic heterocycles. The molecule has 0 aliphatic heterocycles. The maximum Gasteiger partial charge on any atom is 0.326 e. The summed E-state index contributed by atoms with van der Waals surface area (Å²) in [5.74, 6) is -4.98. The highest BCUT2D eigenvalue weighted by atomic mass is 32.2. The van der Waals surface area contributed by atoms with E-state index in [1.165, 1.54) is 11.8 Å². The lowest BCUT2D eigenvalue weighted by Gasteiger charge is -2.26. The number of nitrogens with zero attached hydrogens (tertiary/aromatic N) is 1. The zero-order valence-corrected chi connectivity index (χ0v) is 21.7. The Morgan fingerprint density at radius 1 is 0.944 bits per heavy atom. The molecule has 14 nitrogen and oxygen atoms in total. The summed E-state index contributed by atoms with van der Waals surface area (Å²) in [4.78, 5) is 65.0. The third-order valence-electron chi connectivity index (χ3n) is 5.34. The van der Waals surface area contributed by atoms with E-state index in [9.17, 15) is 34.2 Å². The number of nitrogens with one attached hydrogen (secondary N) is 3. The van der Waals surface area contributed by atoms with Gasteiger partial charge in [-0.3, -0.25) is 24.2 Å². The lowest BCUT2D eigenvalue weighted by atomic mass is 9.98. The summed E-state index contributed by atoms with van der Waals surface area (Å²) in [7, 11) is 0. The number of rotatable bonds is 18. The Morgan fingerprint density at radius 3 is 2.03 bits per heavy atom. The molecule has 0 saturated carbocycles. The van der Waals surface area contributed by atoms with Gasteiger partial charge < -0.3 is 43.4 Å². The van der Waals surface area contributed by atoms with Crippen molar-refractivity contribution in [3.05, 3.63) is 0 Å². The maximum atomic E-state index is 12.9. The van der Waals surface area contributed by atoms with Crippen LogP contribution in [0.25, 0.3) is 0 Å². The first kappa shape index (κ1) is 32.9. The molecule has 0 rings (SSSR count). The van der Waals surface area contributed by atoms with Gasteiger partial charge in [-0.05, 0) is 37.2 Å². The zero-order chi connectivity index (χ0) is 27.8. The molecule has 206 valence electrons. The van der Waals surface area contributed by atoms with Crippen molar-refractivity contribution in [2.45, 2.75) is 70.1 Å². The largest absolute Gasteiger partial charge is 0.481 e. The highest BCUT2D eigenvalue weighted by Crippen LogP contribution is 2.10. The number of amides is 3. The average molecular weight is 534 g/mol. The van der Waals surface area contributed by atoms with Crippen molar-refractivity contribution in [1.82, 2.24) is 16.0 Å². The molecule has 0 heterocycles. The van der Waals surface area contributed by atoms with E-state index in [2.05, 4.69) is 20.9 Å². The van der Waals surface area contributed by atoms with Gasteiger partial charge in [0.05, 0.1) is 12.5 Å². The summed E-state index contributed by atoms with van der Waals surface area (Å²) < 4.78 is 0. The minimum absolute atomic E-state index is 0.0160. The minimum Gasteiger partial charge on any atom is -0.481 e. The minimum atomic E-state index is -1.51. The summed E-state index contributed by atoms with van der Waals surface area (Å²) >= 11 is 1.47. The summed E-state index contributed by atoms with van der Waals surface area (Å²) in [6.45, 7) is 3.56. The molecule has 0 fully saturated rings. The Morgan fingerprint density at radius 2 is 1.53 bits per heavy atom. The van der Waals surface area contributed by atoms with Crippen molar-refractivity contribution in [2.24, 2.45) is 28.1 Å². The van der Waals surface area contributed by atoms with E-state index < -0.39 is 66.2 Å². The summed E-state index contributed by atoms with van der Waals surface area (Å²) in [5, 5.41) is 25.9. The van der Waals surface area contributed by atoms with Crippen LogP contribution < -0.4 is 33.2 Å². The molecule has 0 bridgehead atoms. The molecule has 15 heteroatoms. The fourth-order valence-corrected chi connectivity index (χ4v) is 3.51. The number of carboxylic acid groups (broad SMARTS) is 2. The first-order valence-corrected chi connectivity index (χ1v) is 12.9. The lowest BCUT2D eigenvalue weighted by molar-refractivity contribution is -0.144. The van der Waals surface area contributed by atoms with E-state index in [1.54, 1.807) is 13.8 Å². The van der Waals surface area contributed by atoms with E-state index in [0.717, 1.165) is 0 Å². The molecular weight excluding hydrogens is 494 g/mol. The number of hydrogen-bond donors (Lipinski definition) is 8. The molecule has 0 aliphatic rings. The van der Waals surface area contributed by atoms with E-state index >= 15 is 0 Å². The molecule has 0 unspecified atom stereocenters. The fraction of sp³-hybridized carbons (Fsp3) is 0.714. The monoisotopic (exact) mass is 533 g/mol. The normalized spacial score (nSPS) is 14.9. The fourth-order valence-electron chi connectivity index (χ4n) is 3.02. The Kier molecular flexibility index (Phi) is 15.9. The van der Waals surface area contributed by atoms with Crippen molar-refractivity contribution in [3.63, 3.8) is 0 Å². The second-order valence-electron chi connectivity index (χ2n) is 8.27. The van der Waals surface area contributed by atoms with Gasteiger partial charge >= 0.3 is 11.9 Å². The average Bonchev–Trinajstić information content (AvgIpc) is 2.80. The molecule has 36 heavy (non-hydrogen) atoms. The Labute approximate surface area is 214 Å². The van der Waals surface area contributed by atoms with Crippen molar-refractivity contribution >= 4 is 47.4 Å². The number of carbonyl (C=O) groups excluding carboxylic acids is 3. The number of aliphatic carboxylic acids is 2. The van der Waals surface area contributed by atoms with Gasteiger partial charge in [-0.1, -0.05) is 20.3 Å². The third kappa shape index (κ3) is 13.1. The number of nitrogens with two attached hydrogens (primary N) is 3. The van der Waals surface area contributed by atoms with Gasteiger partial charge in [0.2, 0.25) is 17.7 Å². The SMILES string of the molecule is CC[C@H](C)[C@H](NC(=O)[C@H](CCCN=C(N)N)NC(=O)[C@H](CC(=O)O)NC(=O)[C@@H](N)CCSC)C(=O)O. The number of aliphatic imine (C=N–C) groups is 1. The molecule has 3 amide bonds. The van der Waals surface area contributed by atoms with Gasteiger partial charge in [0.1, 0.15) is 18.1 Å². The van der Waals surface area contributed by atoms with Gasteiger partial charge in [-0.25, -0.2) is 4.79 Å². The number of carbonyl (C=O) groups is 5. The molecule has 0 aromatic carbocycles. The predicted molar refractivity (Wildman–Crippen MR) is 136 cm³/mol. The van der Waals surface area contributed by atoms with Crippen LogP contribution in [0.4, 0.5) is 0 Å². The summed E-state index contributed by atoms with van der Waals surface area (Å²) in [5.41, 5.74) is 16.4. The van der Waals surface area contributed by atoms with Crippen LogP contribution in [-0.4, -0.2) is 88.6 Å².